The number of fused-ring (bicyclic) bond motifs is 1. The van der Waals surface area contributed by atoms with Gasteiger partial charge in [-0.05, 0) is 66.8 Å². The second-order valence-electron chi connectivity index (χ2n) is 8.63. The third kappa shape index (κ3) is 5.01. The number of hydrogen-bond donors (Lipinski definition) is 2. The molecule has 0 saturated carbocycles. The molecule has 1 aromatic carbocycles. The first-order valence-corrected chi connectivity index (χ1v) is 13.4. The summed E-state index contributed by atoms with van der Waals surface area (Å²) in [6.45, 7) is 0.975. The molecule has 2 atom stereocenters. The highest BCUT2D eigenvalue weighted by atomic mass is 32.2. The molecule has 5 rings (SSSR count). The Kier molecular flexibility index (Phi) is 7.33. The van der Waals surface area contributed by atoms with Gasteiger partial charge in [0.05, 0.1) is 30.7 Å². The molecule has 2 saturated heterocycles. The molecule has 9 nitrogen and oxygen atoms in total. The maximum absolute atomic E-state index is 13.1. The Morgan fingerprint density at radius 2 is 2.03 bits per heavy atom. The van der Waals surface area contributed by atoms with Crippen LogP contribution in [0.25, 0.3) is 6.08 Å². The number of aromatic carboxylic acids is 1. The van der Waals surface area contributed by atoms with Crippen molar-refractivity contribution in [3.8, 4) is 5.75 Å². The zero-order valence-electron chi connectivity index (χ0n) is 19.7. The average Bonchev–Trinajstić information content (AvgIpc) is 3.38. The number of methoxy groups -OCH3 is 1. The van der Waals surface area contributed by atoms with Crippen molar-refractivity contribution in [2.75, 3.05) is 32.2 Å². The molecule has 3 aliphatic heterocycles. The minimum Gasteiger partial charge on any atom is -0.497 e. The first-order valence-electron chi connectivity index (χ1n) is 11.7. The molecule has 2 amide bonds. The van der Waals surface area contributed by atoms with Gasteiger partial charge < -0.3 is 24.6 Å². The average molecular weight is 531 g/mol. The number of nitrogens with zero attached hydrogens (tertiary/aromatic N) is 1. The number of carboxylic acid groups (broad SMARTS) is 1. The van der Waals surface area contributed by atoms with Crippen molar-refractivity contribution in [1.82, 2.24) is 4.90 Å². The molecule has 2 unspecified atom stereocenters. The lowest BCUT2D eigenvalue weighted by molar-refractivity contribution is -0.124. The van der Waals surface area contributed by atoms with Crippen LogP contribution in [0.1, 0.15) is 51.7 Å². The zero-order chi connectivity index (χ0) is 25.2. The Balaban J connectivity index is 1.36. The summed E-state index contributed by atoms with van der Waals surface area (Å²) in [5.41, 5.74) is 1.70. The van der Waals surface area contributed by atoms with Crippen molar-refractivity contribution in [3.63, 3.8) is 0 Å². The van der Waals surface area contributed by atoms with Crippen LogP contribution in [0.3, 0.4) is 0 Å². The van der Waals surface area contributed by atoms with Crippen LogP contribution < -0.4 is 10.1 Å². The third-order valence-electron chi connectivity index (χ3n) is 6.32. The summed E-state index contributed by atoms with van der Waals surface area (Å²) in [5.74, 6) is -0.702. The highest BCUT2D eigenvalue weighted by Gasteiger charge is 2.40. The molecule has 0 aliphatic carbocycles. The summed E-state index contributed by atoms with van der Waals surface area (Å²) in [6.07, 6.45) is 4.12. The van der Waals surface area contributed by atoms with Gasteiger partial charge in [-0.25, -0.2) is 4.79 Å². The van der Waals surface area contributed by atoms with E-state index in [-0.39, 0.29) is 29.5 Å². The van der Waals surface area contributed by atoms with Crippen LogP contribution in [0.2, 0.25) is 0 Å². The van der Waals surface area contributed by atoms with Crippen molar-refractivity contribution >= 4 is 51.3 Å². The van der Waals surface area contributed by atoms with E-state index in [1.807, 2.05) is 12.1 Å². The quantitative estimate of drug-likeness (QED) is 0.490. The number of thiophene rings is 1. The number of nitrogens with one attached hydrogen (secondary N) is 1. The molecular weight excluding hydrogens is 504 g/mol. The molecule has 0 radical (unpaired) electrons. The molecule has 36 heavy (non-hydrogen) atoms. The van der Waals surface area contributed by atoms with Gasteiger partial charge >= 0.3 is 5.97 Å². The molecule has 4 heterocycles. The number of rotatable bonds is 7. The third-order valence-corrected chi connectivity index (χ3v) is 8.49. The molecule has 190 valence electrons. The monoisotopic (exact) mass is 530 g/mol. The van der Waals surface area contributed by atoms with E-state index in [1.165, 1.54) is 16.2 Å². The van der Waals surface area contributed by atoms with E-state index in [1.54, 1.807) is 25.3 Å². The normalized spacial score (nSPS) is 23.1. The fraction of sp³-hybridized carbons (Fsp3) is 0.400. The molecular formula is C25H26N2O7S2. The largest absolute Gasteiger partial charge is 0.497 e. The number of imide groups is 1. The summed E-state index contributed by atoms with van der Waals surface area (Å²) in [4.78, 5) is 40.2. The second-order valence-corrected chi connectivity index (χ2v) is 10.7. The SMILES string of the molecule is COc1ccc(C=C2SC(=O)N(CC3OCCc4c3sc(NC3CCCCO3)c4C(=O)O)C2=O)cc1. The van der Waals surface area contributed by atoms with Gasteiger partial charge in [0.1, 0.15) is 23.1 Å². The molecule has 2 aromatic rings. The molecule has 0 bridgehead atoms. The Labute approximate surface area is 216 Å². The Morgan fingerprint density at radius 3 is 2.72 bits per heavy atom. The molecule has 0 spiro atoms. The highest BCUT2D eigenvalue weighted by molar-refractivity contribution is 8.18. The van der Waals surface area contributed by atoms with E-state index in [9.17, 15) is 19.5 Å². The minimum absolute atomic E-state index is 0.0244. The van der Waals surface area contributed by atoms with Crippen LogP contribution in [0.5, 0.6) is 5.75 Å². The zero-order valence-corrected chi connectivity index (χ0v) is 21.3. The Morgan fingerprint density at radius 1 is 1.22 bits per heavy atom. The van der Waals surface area contributed by atoms with Crippen LogP contribution in [-0.2, 0) is 20.7 Å². The predicted octanol–water partition coefficient (Wildman–Crippen LogP) is 4.74. The van der Waals surface area contributed by atoms with Gasteiger partial charge in [0.2, 0.25) is 0 Å². The number of amides is 2. The maximum atomic E-state index is 13.1. The molecule has 2 N–H and O–H groups in total. The van der Waals surface area contributed by atoms with Crippen molar-refractivity contribution in [2.45, 2.75) is 38.0 Å². The highest BCUT2D eigenvalue weighted by Crippen LogP contribution is 2.43. The lowest BCUT2D eigenvalue weighted by Crippen LogP contribution is -2.34. The number of thioether (sulfide) groups is 1. The fourth-order valence-corrected chi connectivity index (χ4v) is 6.68. The van der Waals surface area contributed by atoms with Gasteiger partial charge in [-0.3, -0.25) is 14.5 Å². The van der Waals surface area contributed by atoms with Crippen LogP contribution in [-0.4, -0.2) is 60.2 Å². The van der Waals surface area contributed by atoms with Gasteiger partial charge in [-0.1, -0.05) is 12.1 Å². The van der Waals surface area contributed by atoms with Gasteiger partial charge in [0.25, 0.3) is 11.1 Å². The lowest BCUT2D eigenvalue weighted by Gasteiger charge is -2.26. The van der Waals surface area contributed by atoms with E-state index in [2.05, 4.69) is 5.32 Å². The van der Waals surface area contributed by atoms with Crippen molar-refractivity contribution in [1.29, 1.82) is 0 Å². The van der Waals surface area contributed by atoms with Crippen LogP contribution in [0.15, 0.2) is 29.2 Å². The standard InChI is InChI=1S/C25H26N2O7S2/c1-32-15-7-5-14(6-8-15)12-18-23(28)27(25(31)35-18)13-17-21-16(9-11-33-17)20(24(29)30)22(36-21)26-19-4-2-3-10-34-19/h5-8,12,17,19,26H,2-4,9-11,13H2,1H3,(H,29,30). The molecule has 1 aromatic heterocycles. The van der Waals surface area contributed by atoms with E-state index >= 15 is 0 Å². The van der Waals surface area contributed by atoms with Gasteiger partial charge in [0, 0.05) is 11.5 Å². The summed E-state index contributed by atoms with van der Waals surface area (Å²) in [6, 6.07) is 7.20. The van der Waals surface area contributed by atoms with E-state index in [4.69, 9.17) is 14.2 Å². The van der Waals surface area contributed by atoms with E-state index in [0.717, 1.165) is 41.5 Å². The molecule has 11 heteroatoms. The number of carboxylic acids is 1. The number of benzene rings is 1. The van der Waals surface area contributed by atoms with Gasteiger partial charge in [0.15, 0.2) is 0 Å². The van der Waals surface area contributed by atoms with Crippen LogP contribution in [0, 0.1) is 0 Å². The predicted molar refractivity (Wildman–Crippen MR) is 137 cm³/mol. The number of hydrogen-bond acceptors (Lipinski definition) is 9. The van der Waals surface area contributed by atoms with E-state index < -0.39 is 12.1 Å². The summed E-state index contributed by atoms with van der Waals surface area (Å²) in [5, 5.41) is 13.4. The second kappa shape index (κ2) is 10.6. The maximum Gasteiger partial charge on any atom is 0.338 e. The fourth-order valence-electron chi connectivity index (χ4n) is 4.51. The van der Waals surface area contributed by atoms with Gasteiger partial charge in [-0.2, -0.15) is 0 Å². The van der Waals surface area contributed by atoms with Crippen molar-refractivity contribution in [2.24, 2.45) is 0 Å². The Hall–Kier alpha value is -2.86. The first-order chi connectivity index (χ1) is 17.4. The van der Waals surface area contributed by atoms with Crippen molar-refractivity contribution < 1.29 is 33.7 Å². The van der Waals surface area contributed by atoms with Gasteiger partial charge in [-0.15, -0.1) is 11.3 Å². The molecule has 3 aliphatic rings. The summed E-state index contributed by atoms with van der Waals surface area (Å²) >= 11 is 2.19. The number of carbonyl (C=O) groups is 3. The summed E-state index contributed by atoms with van der Waals surface area (Å²) in [7, 11) is 1.58. The topological polar surface area (TPSA) is 114 Å². The number of ether oxygens (including phenoxy) is 3. The number of carbonyl (C=O) groups excluding carboxylic acids is 2. The Bertz CT molecular complexity index is 1200. The minimum atomic E-state index is -1.01. The van der Waals surface area contributed by atoms with Crippen molar-refractivity contribution in [3.05, 3.63) is 50.7 Å². The van der Waals surface area contributed by atoms with E-state index in [0.29, 0.717) is 40.9 Å². The summed E-state index contributed by atoms with van der Waals surface area (Å²) < 4.78 is 16.9. The molecule has 2 fully saturated rings. The first kappa shape index (κ1) is 24.8. The van der Waals surface area contributed by atoms with Crippen LogP contribution in [0.4, 0.5) is 9.80 Å². The lowest BCUT2D eigenvalue weighted by atomic mass is 10.0. The van der Waals surface area contributed by atoms with Crippen LogP contribution >= 0.6 is 23.1 Å². The number of anilines is 1. The smallest absolute Gasteiger partial charge is 0.338 e.